The van der Waals surface area contributed by atoms with E-state index in [4.69, 9.17) is 9.47 Å². The first-order valence-electron chi connectivity index (χ1n) is 6.59. The van der Waals surface area contributed by atoms with Crippen molar-refractivity contribution in [1.82, 2.24) is 0 Å². The second-order valence-corrected chi connectivity index (χ2v) is 4.38. The fraction of sp³-hybridized carbons (Fsp3) is 0.235. The molecule has 21 heavy (non-hydrogen) atoms. The van der Waals surface area contributed by atoms with E-state index in [1.807, 2.05) is 50.9 Å². The molecule has 0 fully saturated rings. The van der Waals surface area contributed by atoms with Gasteiger partial charge in [0.25, 0.3) is 0 Å². The fourth-order valence-corrected chi connectivity index (χ4v) is 1.65. The molecular weight excluding hydrogens is 264 g/mol. The third-order valence-electron chi connectivity index (χ3n) is 2.63. The summed E-state index contributed by atoms with van der Waals surface area (Å²) in [4.78, 5) is 3.95. The molecule has 0 aliphatic carbocycles. The normalized spacial score (nSPS) is 11.3. The lowest BCUT2D eigenvalue weighted by atomic mass is 10.2. The molecule has 0 N–H and O–H groups in total. The van der Waals surface area contributed by atoms with Crippen molar-refractivity contribution in [2.75, 3.05) is 20.9 Å². The van der Waals surface area contributed by atoms with Gasteiger partial charge in [0, 0.05) is 18.8 Å². The highest BCUT2D eigenvalue weighted by molar-refractivity contribution is 5.83. The minimum Gasteiger partial charge on any atom is -0.503 e. The molecule has 0 aromatic heterocycles. The van der Waals surface area contributed by atoms with Gasteiger partial charge in [0.05, 0.1) is 19.0 Å². The lowest BCUT2D eigenvalue weighted by molar-refractivity contribution is -0.438. The Bertz CT molecular complexity index is 560. The Hall–Kier alpha value is -2.49. The molecule has 1 aromatic rings. The topological polar surface area (TPSA) is 33.8 Å². The number of hydrogen-bond donors (Lipinski definition) is 0. The number of rotatable bonds is 8. The second-order valence-electron chi connectivity index (χ2n) is 4.38. The van der Waals surface area contributed by atoms with Crippen LogP contribution < -0.4 is 4.74 Å². The molecule has 112 valence electrons. The van der Waals surface area contributed by atoms with Gasteiger partial charge in [0.2, 0.25) is 6.79 Å². The number of para-hydroxylation sites is 1. The number of allylic oxidation sites excluding steroid dienone is 2. The molecule has 0 saturated carbocycles. The third kappa shape index (κ3) is 5.57. The highest BCUT2D eigenvalue weighted by Gasteiger charge is 2.02. The van der Waals surface area contributed by atoms with Gasteiger partial charge in [0.1, 0.15) is 12.8 Å². The summed E-state index contributed by atoms with van der Waals surface area (Å²) in [7, 11) is 3.56. The Morgan fingerprint density at radius 3 is 2.76 bits per heavy atom. The molecule has 1 aromatic carbocycles. The van der Waals surface area contributed by atoms with Crippen LogP contribution in [0.1, 0.15) is 12.5 Å². The first-order valence-corrected chi connectivity index (χ1v) is 6.59. The van der Waals surface area contributed by atoms with Gasteiger partial charge < -0.3 is 9.47 Å². The average molecular weight is 286 g/mol. The molecule has 0 spiro atoms. The van der Waals surface area contributed by atoms with E-state index in [0.717, 1.165) is 16.9 Å². The molecule has 0 unspecified atom stereocenters. The van der Waals surface area contributed by atoms with Gasteiger partial charge >= 0.3 is 0 Å². The van der Waals surface area contributed by atoms with E-state index < -0.39 is 0 Å². The molecule has 0 heterocycles. The highest BCUT2D eigenvalue weighted by atomic mass is 16.7. The van der Waals surface area contributed by atoms with E-state index in [9.17, 15) is 0 Å². The zero-order valence-corrected chi connectivity index (χ0v) is 12.9. The summed E-state index contributed by atoms with van der Waals surface area (Å²) in [5, 5.41) is 0. The van der Waals surface area contributed by atoms with Crippen LogP contribution in [0.4, 0.5) is 0 Å². The Morgan fingerprint density at radius 2 is 2.14 bits per heavy atom. The molecule has 0 bridgehead atoms. The van der Waals surface area contributed by atoms with Crippen molar-refractivity contribution >= 4 is 12.9 Å². The SMILES string of the molecule is C=C(OCOc1ccccc1[CH-][N+](=C)C)/C(C=NC)=C\C. The zero-order valence-electron chi connectivity index (χ0n) is 12.9. The second kappa shape index (κ2) is 8.64. The van der Waals surface area contributed by atoms with E-state index >= 15 is 0 Å². The summed E-state index contributed by atoms with van der Waals surface area (Å²) in [5.41, 5.74) is 1.77. The van der Waals surface area contributed by atoms with Gasteiger partial charge in [-0.25, -0.2) is 0 Å². The minimum atomic E-state index is 0.0828. The Morgan fingerprint density at radius 1 is 1.43 bits per heavy atom. The third-order valence-corrected chi connectivity index (χ3v) is 2.63. The largest absolute Gasteiger partial charge is 0.503 e. The molecule has 0 aliphatic rings. The van der Waals surface area contributed by atoms with Crippen molar-refractivity contribution in [2.45, 2.75) is 6.92 Å². The maximum atomic E-state index is 5.64. The van der Waals surface area contributed by atoms with Crippen molar-refractivity contribution in [3.05, 3.63) is 60.4 Å². The summed E-state index contributed by atoms with van der Waals surface area (Å²) in [6, 6.07) is 7.68. The van der Waals surface area contributed by atoms with E-state index in [1.54, 1.807) is 17.8 Å². The number of nitrogens with zero attached hydrogens (tertiary/aromatic N) is 2. The number of benzene rings is 1. The van der Waals surface area contributed by atoms with Crippen LogP contribution in [0.15, 0.2) is 53.2 Å². The van der Waals surface area contributed by atoms with Crippen LogP contribution in [0.2, 0.25) is 0 Å². The molecule has 4 heteroatoms. The Labute approximate surface area is 126 Å². The van der Waals surface area contributed by atoms with Crippen molar-refractivity contribution in [2.24, 2.45) is 4.99 Å². The predicted octanol–water partition coefficient (Wildman–Crippen LogP) is 3.05. The van der Waals surface area contributed by atoms with Gasteiger partial charge in [0.15, 0.2) is 0 Å². The van der Waals surface area contributed by atoms with Gasteiger partial charge in [-0.15, -0.1) is 12.1 Å². The van der Waals surface area contributed by atoms with E-state index in [1.165, 1.54) is 0 Å². The summed E-state index contributed by atoms with van der Waals surface area (Å²) < 4.78 is 12.9. The van der Waals surface area contributed by atoms with Crippen LogP contribution in [-0.2, 0) is 4.74 Å². The number of hydrogen-bond acceptors (Lipinski definition) is 3. The summed E-state index contributed by atoms with van der Waals surface area (Å²) in [6.07, 6.45) is 3.58. The maximum absolute atomic E-state index is 5.64. The number of ether oxygens (including phenoxy) is 2. The lowest BCUT2D eigenvalue weighted by Crippen LogP contribution is -2.07. The van der Waals surface area contributed by atoms with Crippen LogP contribution in [-0.4, -0.2) is 38.4 Å². The standard InChI is InChI=1S/C17H22N2O2/c1-6-15(11-18-3)14(2)20-13-21-17-10-8-7-9-16(17)12-19(4)5/h6-12H,2,4,13H2,1,3,5H3/b15-6-,18-11?. The van der Waals surface area contributed by atoms with Gasteiger partial charge in [-0.05, 0) is 12.5 Å². The predicted molar refractivity (Wildman–Crippen MR) is 87.0 cm³/mol. The Kier molecular flexibility index (Phi) is 6.81. The number of aliphatic imine (C=N–C) groups is 1. The summed E-state index contributed by atoms with van der Waals surface area (Å²) in [6.45, 7) is 11.5. The maximum Gasteiger partial charge on any atom is 0.220 e. The van der Waals surface area contributed by atoms with Crippen LogP contribution in [0, 0.1) is 6.54 Å². The molecule has 0 saturated heterocycles. The van der Waals surface area contributed by atoms with Crippen molar-refractivity contribution in [3.8, 4) is 5.75 Å². The molecule has 4 nitrogen and oxygen atoms in total. The van der Waals surface area contributed by atoms with Gasteiger partial charge in [-0.1, -0.05) is 24.8 Å². The summed E-state index contributed by atoms with van der Waals surface area (Å²) >= 11 is 0. The lowest BCUT2D eigenvalue weighted by Gasteiger charge is -2.16. The van der Waals surface area contributed by atoms with E-state index in [0.29, 0.717) is 5.76 Å². The molecule has 0 aliphatic heterocycles. The molecule has 0 amide bonds. The van der Waals surface area contributed by atoms with Crippen LogP contribution in [0.5, 0.6) is 5.75 Å². The quantitative estimate of drug-likeness (QED) is 0.184. The fourth-order valence-electron chi connectivity index (χ4n) is 1.65. The molecule has 0 radical (unpaired) electrons. The molecule has 1 rings (SSSR count). The molecule has 0 atom stereocenters. The summed E-state index contributed by atoms with van der Waals surface area (Å²) in [5.74, 6) is 1.26. The Balaban J connectivity index is 2.60. The zero-order chi connectivity index (χ0) is 15.7. The average Bonchev–Trinajstić information content (AvgIpc) is 2.45. The first kappa shape index (κ1) is 16.6. The van der Waals surface area contributed by atoms with Gasteiger partial charge in [-0.2, -0.15) is 0 Å². The monoisotopic (exact) mass is 286 g/mol. The molecular formula is C17H22N2O2. The van der Waals surface area contributed by atoms with Crippen molar-refractivity contribution in [1.29, 1.82) is 0 Å². The first-order chi connectivity index (χ1) is 10.1. The van der Waals surface area contributed by atoms with Gasteiger partial charge in [-0.3, -0.25) is 9.57 Å². The van der Waals surface area contributed by atoms with Crippen LogP contribution >= 0.6 is 0 Å². The van der Waals surface area contributed by atoms with Crippen LogP contribution in [0.3, 0.4) is 0 Å². The van der Waals surface area contributed by atoms with Crippen LogP contribution in [0.25, 0.3) is 0 Å². The van der Waals surface area contributed by atoms with Crippen molar-refractivity contribution in [3.63, 3.8) is 0 Å². The van der Waals surface area contributed by atoms with E-state index in [2.05, 4.69) is 18.3 Å². The van der Waals surface area contributed by atoms with E-state index in [-0.39, 0.29) is 6.79 Å². The van der Waals surface area contributed by atoms with Crippen molar-refractivity contribution < 1.29 is 14.0 Å². The minimum absolute atomic E-state index is 0.0828. The smallest absolute Gasteiger partial charge is 0.220 e. The highest BCUT2D eigenvalue weighted by Crippen LogP contribution is 2.20.